The number of benzene rings is 6. The Labute approximate surface area is 235 Å². The summed E-state index contributed by atoms with van der Waals surface area (Å²) in [5, 5.41) is 2.55. The Morgan fingerprint density at radius 1 is 0.450 bits per heavy atom. The van der Waals surface area contributed by atoms with Crippen LogP contribution in [0.2, 0.25) is 0 Å². The molecule has 7 rings (SSSR count). The fourth-order valence-electron chi connectivity index (χ4n) is 5.77. The third kappa shape index (κ3) is 4.44. The molecule has 2 nitrogen and oxygen atoms in total. The van der Waals surface area contributed by atoms with Gasteiger partial charge in [-0.25, -0.2) is 0 Å². The molecule has 40 heavy (non-hydrogen) atoms. The van der Waals surface area contributed by atoms with Crippen LogP contribution in [-0.2, 0) is 13.5 Å². The largest absolute Gasteiger partial charge is 0.344 e. The highest BCUT2D eigenvalue weighted by Crippen LogP contribution is 2.38. The van der Waals surface area contributed by atoms with Crippen LogP contribution in [-0.4, -0.2) is 4.57 Å². The van der Waals surface area contributed by atoms with Gasteiger partial charge in [0.2, 0.25) is 0 Å². The third-order valence-electron chi connectivity index (χ3n) is 7.82. The first-order valence-corrected chi connectivity index (χ1v) is 13.8. The monoisotopic (exact) mass is 514 g/mol. The van der Waals surface area contributed by atoms with Gasteiger partial charge in [-0.1, -0.05) is 103 Å². The van der Waals surface area contributed by atoms with Crippen LogP contribution in [0.3, 0.4) is 0 Å². The predicted molar refractivity (Wildman–Crippen MR) is 170 cm³/mol. The van der Waals surface area contributed by atoms with Gasteiger partial charge in [0.1, 0.15) is 0 Å². The van der Waals surface area contributed by atoms with Crippen molar-refractivity contribution in [2.45, 2.75) is 6.42 Å². The first-order valence-electron chi connectivity index (χ1n) is 13.8. The Hall–Kier alpha value is -5.08. The van der Waals surface area contributed by atoms with E-state index in [9.17, 15) is 0 Å². The summed E-state index contributed by atoms with van der Waals surface area (Å²) in [7, 11) is 2.17. The van der Waals surface area contributed by atoms with Gasteiger partial charge in [0.05, 0.1) is 5.52 Å². The van der Waals surface area contributed by atoms with Crippen molar-refractivity contribution < 1.29 is 0 Å². The zero-order chi connectivity index (χ0) is 26.9. The Morgan fingerprint density at radius 2 is 1.02 bits per heavy atom. The number of para-hydroxylation sites is 2. The summed E-state index contributed by atoms with van der Waals surface area (Å²) in [5.74, 6) is 0. The first kappa shape index (κ1) is 24.0. The lowest BCUT2D eigenvalue weighted by atomic mass is 9.99. The minimum Gasteiger partial charge on any atom is -0.344 e. The van der Waals surface area contributed by atoms with Gasteiger partial charge in [0, 0.05) is 40.4 Å². The van der Waals surface area contributed by atoms with Crippen LogP contribution in [0.5, 0.6) is 0 Å². The van der Waals surface area contributed by atoms with Gasteiger partial charge in [-0.05, 0) is 77.2 Å². The molecule has 0 N–H and O–H groups in total. The molecule has 0 aliphatic rings. The molecule has 192 valence electrons. The smallest absolute Gasteiger partial charge is 0.0509 e. The molecule has 0 aliphatic heterocycles. The maximum absolute atomic E-state index is 2.34. The van der Waals surface area contributed by atoms with E-state index in [1.807, 2.05) is 0 Å². The Bertz CT molecular complexity index is 1860. The summed E-state index contributed by atoms with van der Waals surface area (Å²) in [5.41, 5.74) is 11.0. The van der Waals surface area contributed by atoms with Crippen molar-refractivity contribution in [2.24, 2.45) is 7.05 Å². The number of aromatic nitrogens is 1. The van der Waals surface area contributed by atoms with Gasteiger partial charge < -0.3 is 9.47 Å². The highest BCUT2D eigenvalue weighted by atomic mass is 15.1. The molecule has 0 spiro atoms. The lowest BCUT2D eigenvalue weighted by Crippen LogP contribution is -2.09. The molecular formula is C38H30N2. The predicted octanol–water partition coefficient (Wildman–Crippen LogP) is 10.1. The molecule has 0 saturated heterocycles. The number of fused-ring (bicyclic) bond motifs is 3. The molecule has 1 heterocycles. The fourth-order valence-corrected chi connectivity index (χ4v) is 5.77. The van der Waals surface area contributed by atoms with Crippen molar-refractivity contribution >= 4 is 38.9 Å². The Balaban J connectivity index is 1.27. The molecule has 2 heteroatoms. The third-order valence-corrected chi connectivity index (χ3v) is 7.82. The fraction of sp³-hybridized carbons (Fsp3) is 0.0526. The van der Waals surface area contributed by atoms with Crippen molar-refractivity contribution in [1.29, 1.82) is 0 Å². The summed E-state index contributed by atoms with van der Waals surface area (Å²) in [4.78, 5) is 2.32. The van der Waals surface area contributed by atoms with E-state index in [1.54, 1.807) is 0 Å². The van der Waals surface area contributed by atoms with Gasteiger partial charge in [-0.3, -0.25) is 0 Å². The molecule has 7 aromatic rings. The van der Waals surface area contributed by atoms with Gasteiger partial charge in [-0.2, -0.15) is 0 Å². The van der Waals surface area contributed by atoms with Crippen LogP contribution in [0, 0.1) is 0 Å². The summed E-state index contributed by atoms with van der Waals surface area (Å²) in [6.45, 7) is 0. The van der Waals surface area contributed by atoms with Crippen LogP contribution in [0.15, 0.2) is 152 Å². The normalized spacial score (nSPS) is 11.2. The van der Waals surface area contributed by atoms with E-state index >= 15 is 0 Å². The molecule has 0 unspecified atom stereocenters. The second kappa shape index (κ2) is 10.2. The molecule has 0 aliphatic carbocycles. The van der Waals surface area contributed by atoms with E-state index in [1.165, 1.54) is 44.1 Å². The number of anilines is 3. The summed E-state index contributed by atoms with van der Waals surface area (Å²) in [6.07, 6.45) is 0.953. The van der Waals surface area contributed by atoms with Crippen LogP contribution < -0.4 is 4.90 Å². The lowest BCUT2D eigenvalue weighted by Gasteiger charge is -2.25. The minimum atomic E-state index is 0.953. The zero-order valence-electron chi connectivity index (χ0n) is 22.5. The van der Waals surface area contributed by atoms with E-state index in [4.69, 9.17) is 0 Å². The van der Waals surface area contributed by atoms with Crippen molar-refractivity contribution in [3.05, 3.63) is 163 Å². The zero-order valence-corrected chi connectivity index (χ0v) is 22.5. The van der Waals surface area contributed by atoms with Crippen LogP contribution in [0.25, 0.3) is 32.9 Å². The van der Waals surface area contributed by atoms with Crippen molar-refractivity contribution in [3.8, 4) is 11.1 Å². The molecule has 0 radical (unpaired) electrons. The van der Waals surface area contributed by atoms with E-state index < -0.39 is 0 Å². The van der Waals surface area contributed by atoms with Crippen molar-refractivity contribution in [2.75, 3.05) is 4.90 Å². The maximum Gasteiger partial charge on any atom is 0.0509 e. The lowest BCUT2D eigenvalue weighted by molar-refractivity contribution is 1.01. The second-order valence-electron chi connectivity index (χ2n) is 10.4. The minimum absolute atomic E-state index is 0.953. The van der Waals surface area contributed by atoms with E-state index in [-0.39, 0.29) is 0 Å². The van der Waals surface area contributed by atoms with Crippen LogP contribution >= 0.6 is 0 Å². The van der Waals surface area contributed by atoms with Crippen LogP contribution in [0.1, 0.15) is 11.1 Å². The molecule has 0 saturated carbocycles. The average molecular weight is 515 g/mol. The summed E-state index contributed by atoms with van der Waals surface area (Å²) in [6, 6.07) is 54.5. The standard InChI is InChI=1S/C38H30N2/c1-39-37-24-21-31(30-19-17-29(18-20-30)25-28-11-5-2-6-12-28)26-36(37)35-23-22-34(27-38(35)39)40(32-13-7-3-8-14-32)33-15-9-4-10-16-33/h2-24,26-27H,25H2,1H3. The quantitative estimate of drug-likeness (QED) is 0.214. The first-order chi connectivity index (χ1) is 19.7. The van der Waals surface area contributed by atoms with E-state index in [0.717, 1.165) is 23.5 Å². The molecule has 0 atom stereocenters. The van der Waals surface area contributed by atoms with Crippen molar-refractivity contribution in [1.82, 2.24) is 4.57 Å². The highest BCUT2D eigenvalue weighted by molar-refractivity contribution is 6.10. The van der Waals surface area contributed by atoms with E-state index in [2.05, 4.69) is 168 Å². The Morgan fingerprint density at radius 3 is 1.68 bits per heavy atom. The van der Waals surface area contributed by atoms with Crippen molar-refractivity contribution in [3.63, 3.8) is 0 Å². The van der Waals surface area contributed by atoms with Gasteiger partial charge in [-0.15, -0.1) is 0 Å². The molecular weight excluding hydrogens is 484 g/mol. The van der Waals surface area contributed by atoms with E-state index in [0.29, 0.717) is 0 Å². The summed E-state index contributed by atoms with van der Waals surface area (Å²) < 4.78 is 2.31. The van der Waals surface area contributed by atoms with Gasteiger partial charge in [0.15, 0.2) is 0 Å². The highest BCUT2D eigenvalue weighted by Gasteiger charge is 2.15. The topological polar surface area (TPSA) is 8.17 Å². The molecule has 0 amide bonds. The number of hydrogen-bond acceptors (Lipinski definition) is 1. The molecule has 0 fully saturated rings. The van der Waals surface area contributed by atoms with Gasteiger partial charge in [0.25, 0.3) is 0 Å². The Kier molecular flexibility index (Phi) is 6.14. The number of nitrogens with zero attached hydrogens (tertiary/aromatic N) is 2. The maximum atomic E-state index is 2.34. The molecule has 6 aromatic carbocycles. The summed E-state index contributed by atoms with van der Waals surface area (Å²) >= 11 is 0. The number of aryl methyl sites for hydroxylation is 1. The second-order valence-corrected chi connectivity index (χ2v) is 10.4. The molecule has 1 aromatic heterocycles. The number of hydrogen-bond donors (Lipinski definition) is 0. The van der Waals surface area contributed by atoms with Crippen LogP contribution in [0.4, 0.5) is 17.1 Å². The average Bonchev–Trinajstić information content (AvgIpc) is 3.30. The van der Waals surface area contributed by atoms with Gasteiger partial charge >= 0.3 is 0 Å². The molecule has 0 bridgehead atoms. The SMILES string of the molecule is Cn1c2ccc(-c3ccc(Cc4ccccc4)cc3)cc2c2ccc(N(c3ccccc3)c3ccccc3)cc21. The number of rotatable bonds is 6.